The molecule has 1 aliphatic rings. The minimum atomic E-state index is 0.300. The zero-order chi connectivity index (χ0) is 10.2. The Kier molecular flexibility index (Phi) is 3.03. The third-order valence-corrected chi connectivity index (χ3v) is 2.88. The first kappa shape index (κ1) is 11.0. The van der Waals surface area contributed by atoms with Crippen LogP contribution in [0.5, 0.6) is 0 Å². The molecule has 1 N–H and O–H groups in total. The van der Waals surface area contributed by atoms with Crippen molar-refractivity contribution >= 4 is 0 Å². The van der Waals surface area contributed by atoms with Crippen LogP contribution in [0.4, 0.5) is 0 Å². The van der Waals surface area contributed by atoms with Crippen molar-refractivity contribution in [2.45, 2.75) is 59.9 Å². The van der Waals surface area contributed by atoms with Crippen LogP contribution < -0.4 is 5.32 Å². The SMILES string of the molecule is CC(C)NC1OC1C(C)C(C)(C)C. The monoisotopic (exact) mass is 185 g/mol. The highest BCUT2D eigenvalue weighted by Crippen LogP contribution is 2.38. The van der Waals surface area contributed by atoms with E-state index in [-0.39, 0.29) is 0 Å². The van der Waals surface area contributed by atoms with E-state index in [9.17, 15) is 0 Å². The molecule has 0 aliphatic carbocycles. The van der Waals surface area contributed by atoms with E-state index in [0.717, 1.165) is 0 Å². The summed E-state index contributed by atoms with van der Waals surface area (Å²) >= 11 is 0. The summed E-state index contributed by atoms with van der Waals surface area (Å²) in [6, 6.07) is 0.516. The van der Waals surface area contributed by atoms with Crippen molar-refractivity contribution in [1.82, 2.24) is 5.32 Å². The molecule has 0 spiro atoms. The molecule has 1 rings (SSSR count). The number of hydrogen-bond acceptors (Lipinski definition) is 2. The molecule has 0 saturated carbocycles. The quantitative estimate of drug-likeness (QED) is 0.683. The van der Waals surface area contributed by atoms with Gasteiger partial charge in [-0.3, -0.25) is 5.32 Å². The van der Waals surface area contributed by atoms with E-state index in [1.165, 1.54) is 0 Å². The van der Waals surface area contributed by atoms with Gasteiger partial charge in [0, 0.05) is 6.04 Å². The average molecular weight is 185 g/mol. The molecule has 1 fully saturated rings. The molecular weight excluding hydrogens is 162 g/mol. The van der Waals surface area contributed by atoms with Gasteiger partial charge in [-0.25, -0.2) is 0 Å². The molecule has 0 radical (unpaired) electrons. The van der Waals surface area contributed by atoms with Crippen molar-refractivity contribution in [3.63, 3.8) is 0 Å². The minimum Gasteiger partial charge on any atom is -0.353 e. The van der Waals surface area contributed by atoms with Gasteiger partial charge in [-0.05, 0) is 25.2 Å². The standard InChI is InChI=1S/C11H23NO/c1-7(2)12-10-9(13-10)8(3)11(4,5)6/h7-10,12H,1-6H3. The van der Waals surface area contributed by atoms with Gasteiger partial charge in [-0.15, -0.1) is 0 Å². The van der Waals surface area contributed by atoms with Gasteiger partial charge in [0.25, 0.3) is 0 Å². The minimum absolute atomic E-state index is 0.300. The van der Waals surface area contributed by atoms with Crippen LogP contribution in [0.25, 0.3) is 0 Å². The van der Waals surface area contributed by atoms with E-state index in [1.54, 1.807) is 0 Å². The Morgan fingerprint density at radius 3 is 2.08 bits per heavy atom. The maximum absolute atomic E-state index is 5.60. The van der Waals surface area contributed by atoms with Crippen molar-refractivity contribution in [1.29, 1.82) is 0 Å². The number of rotatable bonds is 3. The first-order valence-electron chi connectivity index (χ1n) is 5.24. The molecule has 2 heteroatoms. The Bertz CT molecular complexity index is 171. The molecule has 0 aromatic heterocycles. The summed E-state index contributed by atoms with van der Waals surface area (Å²) in [4.78, 5) is 0. The van der Waals surface area contributed by atoms with Gasteiger partial charge < -0.3 is 4.74 Å². The molecule has 3 unspecified atom stereocenters. The lowest BCUT2D eigenvalue weighted by molar-refractivity contribution is 0.201. The molecular formula is C11H23NO. The van der Waals surface area contributed by atoms with Gasteiger partial charge in [-0.1, -0.05) is 27.7 Å². The molecule has 78 valence electrons. The van der Waals surface area contributed by atoms with Crippen molar-refractivity contribution < 1.29 is 4.74 Å². The third kappa shape index (κ3) is 2.96. The van der Waals surface area contributed by atoms with E-state index >= 15 is 0 Å². The summed E-state index contributed by atoms with van der Waals surface area (Å²) in [5.74, 6) is 0.615. The number of epoxide rings is 1. The van der Waals surface area contributed by atoms with Gasteiger partial charge in [-0.2, -0.15) is 0 Å². The van der Waals surface area contributed by atoms with Gasteiger partial charge in [0.05, 0.1) is 0 Å². The zero-order valence-corrected chi connectivity index (χ0v) is 9.72. The molecule has 0 aromatic rings. The van der Waals surface area contributed by atoms with Crippen LogP contribution in [-0.2, 0) is 4.74 Å². The van der Waals surface area contributed by atoms with E-state index in [4.69, 9.17) is 4.74 Å². The van der Waals surface area contributed by atoms with E-state index in [2.05, 4.69) is 46.9 Å². The molecule has 1 heterocycles. The van der Waals surface area contributed by atoms with Crippen molar-refractivity contribution in [2.24, 2.45) is 11.3 Å². The Labute approximate surface area is 82.0 Å². The summed E-state index contributed by atoms with van der Waals surface area (Å²) in [5.41, 5.74) is 0.345. The lowest BCUT2D eigenvalue weighted by atomic mass is 9.80. The highest BCUT2D eigenvalue weighted by molar-refractivity contribution is 4.92. The van der Waals surface area contributed by atoms with E-state index in [1.807, 2.05) is 0 Å². The number of ether oxygens (including phenoxy) is 1. The molecule has 3 atom stereocenters. The largest absolute Gasteiger partial charge is 0.353 e. The second-order valence-electron chi connectivity index (χ2n) is 5.50. The Balaban J connectivity index is 2.34. The Hall–Kier alpha value is -0.0800. The molecule has 1 aliphatic heterocycles. The van der Waals surface area contributed by atoms with E-state index < -0.39 is 0 Å². The predicted molar refractivity (Wildman–Crippen MR) is 55.6 cm³/mol. The number of hydrogen-bond donors (Lipinski definition) is 1. The normalized spacial score (nSPS) is 30.7. The van der Waals surface area contributed by atoms with Gasteiger partial charge in [0.15, 0.2) is 0 Å². The second-order valence-corrected chi connectivity index (χ2v) is 5.50. The topological polar surface area (TPSA) is 24.6 Å². The molecule has 0 bridgehead atoms. The highest BCUT2D eigenvalue weighted by atomic mass is 16.6. The van der Waals surface area contributed by atoms with Crippen LogP contribution in [0.15, 0.2) is 0 Å². The van der Waals surface area contributed by atoms with Crippen molar-refractivity contribution in [2.75, 3.05) is 0 Å². The summed E-state index contributed by atoms with van der Waals surface area (Å²) in [7, 11) is 0. The highest BCUT2D eigenvalue weighted by Gasteiger charge is 2.46. The number of nitrogens with one attached hydrogen (secondary N) is 1. The Morgan fingerprint density at radius 1 is 1.15 bits per heavy atom. The van der Waals surface area contributed by atoms with Crippen LogP contribution >= 0.6 is 0 Å². The van der Waals surface area contributed by atoms with E-state index in [0.29, 0.717) is 29.7 Å². The summed E-state index contributed by atoms with van der Waals surface area (Å²) < 4.78 is 5.60. The van der Waals surface area contributed by atoms with Gasteiger partial charge >= 0.3 is 0 Å². The summed E-state index contributed by atoms with van der Waals surface area (Å²) in [6.07, 6.45) is 0.719. The lowest BCUT2D eigenvalue weighted by Crippen LogP contribution is -2.31. The zero-order valence-electron chi connectivity index (χ0n) is 9.72. The molecule has 0 amide bonds. The summed E-state index contributed by atoms with van der Waals surface area (Å²) in [5, 5.41) is 3.40. The molecule has 2 nitrogen and oxygen atoms in total. The first-order chi connectivity index (χ1) is 5.82. The van der Waals surface area contributed by atoms with Crippen LogP contribution in [0.2, 0.25) is 0 Å². The van der Waals surface area contributed by atoms with Gasteiger partial charge in [0.2, 0.25) is 0 Å². The summed E-state index contributed by atoms with van der Waals surface area (Å²) in [6.45, 7) is 13.4. The lowest BCUT2D eigenvalue weighted by Gasteiger charge is -2.25. The van der Waals surface area contributed by atoms with Crippen LogP contribution in [0.3, 0.4) is 0 Å². The Morgan fingerprint density at radius 2 is 1.69 bits per heavy atom. The fraction of sp³-hybridized carbons (Fsp3) is 1.00. The maximum Gasteiger partial charge on any atom is 0.135 e. The van der Waals surface area contributed by atoms with Gasteiger partial charge in [0.1, 0.15) is 12.3 Å². The predicted octanol–water partition coefficient (Wildman–Crippen LogP) is 2.39. The molecule has 0 aromatic carbocycles. The second kappa shape index (κ2) is 3.58. The van der Waals surface area contributed by atoms with Crippen molar-refractivity contribution in [3.05, 3.63) is 0 Å². The van der Waals surface area contributed by atoms with Crippen LogP contribution in [0, 0.1) is 11.3 Å². The van der Waals surface area contributed by atoms with Crippen LogP contribution in [-0.4, -0.2) is 18.4 Å². The maximum atomic E-state index is 5.60. The fourth-order valence-electron chi connectivity index (χ4n) is 1.46. The fourth-order valence-corrected chi connectivity index (χ4v) is 1.46. The smallest absolute Gasteiger partial charge is 0.135 e. The van der Waals surface area contributed by atoms with Crippen LogP contribution in [0.1, 0.15) is 41.5 Å². The first-order valence-corrected chi connectivity index (χ1v) is 5.24. The average Bonchev–Trinajstić information content (AvgIpc) is 2.62. The van der Waals surface area contributed by atoms with Crippen molar-refractivity contribution in [3.8, 4) is 0 Å². The molecule has 13 heavy (non-hydrogen) atoms. The third-order valence-electron chi connectivity index (χ3n) is 2.88. The molecule has 1 saturated heterocycles.